The first-order valence-electron chi connectivity index (χ1n) is 6.96. The summed E-state index contributed by atoms with van der Waals surface area (Å²) in [6.45, 7) is 8.75. The van der Waals surface area contributed by atoms with Crippen LogP contribution >= 0.6 is 0 Å². The molecular formula is C13H25N3O. The first-order valence-corrected chi connectivity index (χ1v) is 6.96. The average Bonchev–Trinajstić information content (AvgIpc) is 2.53. The van der Waals surface area contributed by atoms with Crippen LogP contribution in [0.1, 0.15) is 19.8 Å². The quantitative estimate of drug-likeness (QED) is 0.711. The van der Waals surface area contributed by atoms with E-state index in [0.717, 1.165) is 32.6 Å². The second-order valence-electron chi connectivity index (χ2n) is 6.34. The Morgan fingerprint density at radius 3 is 2.24 bits per heavy atom. The molecule has 98 valence electrons. The number of rotatable bonds is 3. The molecule has 0 amide bonds. The molecule has 4 saturated heterocycles. The van der Waals surface area contributed by atoms with E-state index in [1.807, 2.05) is 7.05 Å². The molecule has 4 nitrogen and oxygen atoms in total. The van der Waals surface area contributed by atoms with Gasteiger partial charge in [0.15, 0.2) is 0 Å². The summed E-state index contributed by atoms with van der Waals surface area (Å²) < 4.78 is 0. The fourth-order valence-electron chi connectivity index (χ4n) is 4.52. The van der Waals surface area contributed by atoms with Crippen LogP contribution in [0.25, 0.3) is 0 Å². The fourth-order valence-corrected chi connectivity index (χ4v) is 4.52. The molecule has 0 aliphatic carbocycles. The third-order valence-corrected chi connectivity index (χ3v) is 5.17. The molecule has 0 radical (unpaired) electrons. The minimum Gasteiger partial charge on any atom is -0.390 e. The summed E-state index contributed by atoms with van der Waals surface area (Å²) >= 11 is 0. The predicted molar refractivity (Wildman–Crippen MR) is 68.0 cm³/mol. The van der Waals surface area contributed by atoms with Crippen molar-refractivity contribution in [2.45, 2.75) is 31.4 Å². The molecule has 0 saturated carbocycles. The Morgan fingerprint density at radius 1 is 1.18 bits per heavy atom. The van der Waals surface area contributed by atoms with Crippen LogP contribution in [0.5, 0.6) is 0 Å². The van der Waals surface area contributed by atoms with E-state index < -0.39 is 0 Å². The summed E-state index contributed by atoms with van der Waals surface area (Å²) in [6, 6.07) is 0. The summed E-state index contributed by atoms with van der Waals surface area (Å²) in [6.07, 6.45) is 2.12. The lowest BCUT2D eigenvalue weighted by Crippen LogP contribution is -2.77. The first kappa shape index (κ1) is 11.9. The van der Waals surface area contributed by atoms with Crippen molar-refractivity contribution in [2.75, 3.05) is 46.3 Å². The van der Waals surface area contributed by atoms with Crippen LogP contribution in [0.4, 0.5) is 0 Å². The van der Waals surface area contributed by atoms with Crippen molar-refractivity contribution in [2.24, 2.45) is 5.41 Å². The molecule has 3 unspecified atom stereocenters. The van der Waals surface area contributed by atoms with Crippen molar-refractivity contribution >= 4 is 0 Å². The van der Waals surface area contributed by atoms with Gasteiger partial charge in [0, 0.05) is 44.7 Å². The van der Waals surface area contributed by atoms with Crippen LogP contribution in [0.2, 0.25) is 0 Å². The van der Waals surface area contributed by atoms with Crippen molar-refractivity contribution in [1.29, 1.82) is 0 Å². The van der Waals surface area contributed by atoms with Gasteiger partial charge in [0.05, 0.1) is 11.6 Å². The van der Waals surface area contributed by atoms with E-state index in [1.54, 1.807) is 0 Å². The first-order chi connectivity index (χ1) is 8.14. The third kappa shape index (κ3) is 1.58. The van der Waals surface area contributed by atoms with Gasteiger partial charge in [-0.1, -0.05) is 13.3 Å². The molecule has 2 N–H and O–H groups in total. The van der Waals surface area contributed by atoms with Gasteiger partial charge in [0.1, 0.15) is 0 Å². The number of hydrogen-bond donors (Lipinski definition) is 2. The zero-order valence-electron chi connectivity index (χ0n) is 11.1. The van der Waals surface area contributed by atoms with E-state index in [1.165, 1.54) is 19.5 Å². The van der Waals surface area contributed by atoms with E-state index >= 15 is 0 Å². The molecule has 4 heteroatoms. The molecule has 4 fully saturated rings. The molecule has 4 rings (SSSR count). The molecule has 3 atom stereocenters. The monoisotopic (exact) mass is 239 g/mol. The lowest BCUT2D eigenvalue weighted by molar-refractivity contribution is -0.143. The molecule has 0 spiro atoms. The second-order valence-corrected chi connectivity index (χ2v) is 6.34. The molecule has 4 heterocycles. The second kappa shape index (κ2) is 3.92. The van der Waals surface area contributed by atoms with Gasteiger partial charge in [-0.3, -0.25) is 9.80 Å². The normalized spacial score (nSPS) is 52.8. The molecule has 17 heavy (non-hydrogen) atoms. The van der Waals surface area contributed by atoms with Gasteiger partial charge in [-0.05, 0) is 13.5 Å². The van der Waals surface area contributed by atoms with Gasteiger partial charge >= 0.3 is 0 Å². The van der Waals surface area contributed by atoms with Crippen LogP contribution in [0, 0.1) is 5.41 Å². The van der Waals surface area contributed by atoms with Gasteiger partial charge in [-0.2, -0.15) is 0 Å². The summed E-state index contributed by atoms with van der Waals surface area (Å²) in [7, 11) is 2.01. The summed E-state index contributed by atoms with van der Waals surface area (Å²) in [5.41, 5.74) is 0.00687. The van der Waals surface area contributed by atoms with Gasteiger partial charge < -0.3 is 10.4 Å². The van der Waals surface area contributed by atoms with Crippen molar-refractivity contribution in [3.63, 3.8) is 0 Å². The maximum absolute atomic E-state index is 10.9. The topological polar surface area (TPSA) is 38.7 Å². The Hall–Kier alpha value is -0.160. The Balaban J connectivity index is 2.00. The Morgan fingerprint density at radius 2 is 1.76 bits per heavy atom. The van der Waals surface area contributed by atoms with Crippen LogP contribution in [-0.2, 0) is 0 Å². The highest BCUT2D eigenvalue weighted by Gasteiger charge is 2.60. The molecule has 0 aromatic rings. The third-order valence-electron chi connectivity index (χ3n) is 5.17. The van der Waals surface area contributed by atoms with Crippen LogP contribution in [0.15, 0.2) is 0 Å². The van der Waals surface area contributed by atoms with Gasteiger partial charge in [0.2, 0.25) is 0 Å². The van der Waals surface area contributed by atoms with Crippen molar-refractivity contribution in [3.8, 4) is 0 Å². The Kier molecular flexibility index (Phi) is 2.74. The molecule has 0 aromatic carbocycles. The van der Waals surface area contributed by atoms with Gasteiger partial charge in [-0.15, -0.1) is 0 Å². The minimum absolute atomic E-state index is 0.0951. The Bertz CT molecular complexity index is 291. The fraction of sp³-hybridized carbons (Fsp3) is 1.00. The minimum atomic E-state index is -0.189. The number of likely N-dealkylation sites (N-methyl/N-ethyl adjacent to an activating group) is 1. The van der Waals surface area contributed by atoms with E-state index in [-0.39, 0.29) is 17.1 Å². The molecule has 4 aliphatic rings. The SMILES string of the molecule is CCCC12CN3CCN(C1)CC(NC)(C3)C2O. The van der Waals surface area contributed by atoms with Crippen molar-refractivity contribution in [3.05, 3.63) is 0 Å². The summed E-state index contributed by atoms with van der Waals surface area (Å²) in [4.78, 5) is 5.12. The lowest BCUT2D eigenvalue weighted by Gasteiger charge is -2.59. The van der Waals surface area contributed by atoms with Gasteiger partial charge in [-0.25, -0.2) is 0 Å². The summed E-state index contributed by atoms with van der Waals surface area (Å²) in [5, 5.41) is 14.3. The van der Waals surface area contributed by atoms with Crippen LogP contribution in [0.3, 0.4) is 0 Å². The standard InChI is InChI=1S/C13H25N3O/c1-3-4-12-7-15-5-6-16(8-12)10-13(9-15,14-2)11(12)17/h11,14,17H,3-10H2,1-2H3. The van der Waals surface area contributed by atoms with Gasteiger partial charge in [0.25, 0.3) is 0 Å². The molecular weight excluding hydrogens is 214 g/mol. The molecule has 4 aliphatic heterocycles. The molecule has 4 bridgehead atoms. The number of aliphatic hydroxyl groups excluding tert-OH is 1. The van der Waals surface area contributed by atoms with Crippen molar-refractivity contribution in [1.82, 2.24) is 15.1 Å². The number of hydrogen-bond acceptors (Lipinski definition) is 4. The number of nitrogens with one attached hydrogen (secondary N) is 1. The average molecular weight is 239 g/mol. The smallest absolute Gasteiger partial charge is 0.0827 e. The zero-order chi connectivity index (χ0) is 12.1. The maximum atomic E-state index is 10.9. The highest BCUT2D eigenvalue weighted by Crippen LogP contribution is 2.45. The van der Waals surface area contributed by atoms with E-state index in [2.05, 4.69) is 22.0 Å². The number of piperidine rings is 2. The zero-order valence-corrected chi connectivity index (χ0v) is 11.1. The highest BCUT2D eigenvalue weighted by atomic mass is 16.3. The predicted octanol–water partition coefficient (Wildman–Crippen LogP) is -0.263. The largest absolute Gasteiger partial charge is 0.390 e. The Labute approximate surface area is 104 Å². The van der Waals surface area contributed by atoms with Crippen LogP contribution < -0.4 is 5.32 Å². The highest BCUT2D eigenvalue weighted by molar-refractivity contribution is 5.16. The molecule has 0 aromatic heterocycles. The van der Waals surface area contributed by atoms with E-state index in [9.17, 15) is 5.11 Å². The van der Waals surface area contributed by atoms with E-state index in [0.29, 0.717) is 0 Å². The number of nitrogens with zero attached hydrogens (tertiary/aromatic N) is 2. The number of fused-ring (bicyclic) bond motifs is 1. The summed E-state index contributed by atoms with van der Waals surface area (Å²) in [5.74, 6) is 0. The van der Waals surface area contributed by atoms with Crippen LogP contribution in [-0.4, -0.2) is 72.9 Å². The number of aliphatic hydroxyl groups is 1. The lowest BCUT2D eigenvalue weighted by atomic mass is 9.64. The van der Waals surface area contributed by atoms with Crippen molar-refractivity contribution < 1.29 is 5.11 Å². The van der Waals surface area contributed by atoms with E-state index in [4.69, 9.17) is 0 Å². The maximum Gasteiger partial charge on any atom is 0.0827 e.